The molecule has 0 bridgehead atoms. The van der Waals surface area contributed by atoms with E-state index in [2.05, 4.69) is 15.0 Å². The third-order valence-corrected chi connectivity index (χ3v) is 6.62. The first-order valence-corrected chi connectivity index (χ1v) is 9.91. The average molecular weight is 410 g/mol. The van der Waals surface area contributed by atoms with Gasteiger partial charge in [-0.1, -0.05) is 0 Å². The molecule has 2 saturated heterocycles. The molecule has 5 N–H and O–H groups in total. The second kappa shape index (κ2) is 7.44. The molecule has 12 heteroatoms. The van der Waals surface area contributed by atoms with E-state index in [1.54, 1.807) is 18.8 Å². The number of likely N-dealkylation sites (tertiary alicyclic amines) is 1. The number of nitrogens with two attached hydrogens (primary N) is 1. The van der Waals surface area contributed by atoms with Gasteiger partial charge < -0.3 is 25.8 Å². The van der Waals surface area contributed by atoms with Gasteiger partial charge in [0.25, 0.3) is 0 Å². The number of thioether (sulfide) groups is 1. The summed E-state index contributed by atoms with van der Waals surface area (Å²) in [5.41, 5.74) is 6.61. The van der Waals surface area contributed by atoms with Crippen molar-refractivity contribution in [3.05, 3.63) is 12.7 Å². The lowest BCUT2D eigenvalue weighted by Gasteiger charge is -2.17. The number of likely N-dealkylation sites (N-methyl/N-ethyl adjacent to an activating group) is 1. The minimum atomic E-state index is -1.16. The standard InChI is InChI=1S/C16H22N6O5S/c1-21-3-7(2-8(21)16(25)26)28-4-9-11(23)12(24)15(27-9)22-6-20-10-13(17)18-5-19-14(10)22/h5-9,11-12,15,23-24H,2-4H2,1H3,(H,25,26)(H2,17,18,19)/t7-,8-,9+,11+,12+,15+/m0/s1. The van der Waals surface area contributed by atoms with Gasteiger partial charge in [-0.2, -0.15) is 11.8 Å². The monoisotopic (exact) mass is 410 g/mol. The van der Waals surface area contributed by atoms with Crippen LogP contribution in [0.15, 0.2) is 12.7 Å². The van der Waals surface area contributed by atoms with Crippen LogP contribution in [0.2, 0.25) is 0 Å². The molecule has 0 aromatic carbocycles. The summed E-state index contributed by atoms with van der Waals surface area (Å²) in [4.78, 5) is 25.2. The van der Waals surface area contributed by atoms with Crippen molar-refractivity contribution in [1.82, 2.24) is 24.4 Å². The summed E-state index contributed by atoms with van der Waals surface area (Å²) in [6, 6.07) is -0.493. The zero-order chi connectivity index (χ0) is 20.0. The summed E-state index contributed by atoms with van der Waals surface area (Å²) >= 11 is 1.55. The number of nitrogen functional groups attached to an aromatic ring is 1. The number of hydrogen-bond acceptors (Lipinski definition) is 10. The number of fused-ring (bicyclic) bond motifs is 1. The van der Waals surface area contributed by atoms with E-state index in [0.29, 0.717) is 29.9 Å². The minimum absolute atomic E-state index is 0.125. The molecule has 0 unspecified atom stereocenters. The van der Waals surface area contributed by atoms with Crippen LogP contribution >= 0.6 is 11.8 Å². The van der Waals surface area contributed by atoms with Gasteiger partial charge in [-0.25, -0.2) is 15.0 Å². The Bertz CT molecular complexity index is 880. The highest BCUT2D eigenvalue weighted by atomic mass is 32.2. The van der Waals surface area contributed by atoms with Gasteiger partial charge in [-0.05, 0) is 13.5 Å². The van der Waals surface area contributed by atoms with Gasteiger partial charge in [-0.15, -0.1) is 0 Å². The predicted octanol–water partition coefficient (Wildman–Crippen LogP) is -1.08. The highest BCUT2D eigenvalue weighted by molar-refractivity contribution is 8.00. The van der Waals surface area contributed by atoms with Crippen LogP contribution in [0.5, 0.6) is 0 Å². The molecule has 11 nitrogen and oxygen atoms in total. The number of nitrogens with zero attached hydrogens (tertiary/aromatic N) is 5. The summed E-state index contributed by atoms with van der Waals surface area (Å²) in [5.74, 6) is -0.169. The highest BCUT2D eigenvalue weighted by Gasteiger charge is 2.45. The predicted molar refractivity (Wildman–Crippen MR) is 101 cm³/mol. The van der Waals surface area contributed by atoms with Crippen LogP contribution in [0.3, 0.4) is 0 Å². The number of aromatic nitrogens is 4. The van der Waals surface area contributed by atoms with Crippen molar-refractivity contribution in [2.24, 2.45) is 0 Å². The van der Waals surface area contributed by atoms with Gasteiger partial charge in [-0.3, -0.25) is 14.3 Å². The van der Waals surface area contributed by atoms with Gasteiger partial charge in [0.05, 0.1) is 12.4 Å². The largest absolute Gasteiger partial charge is 0.480 e. The number of ether oxygens (including phenoxy) is 1. The smallest absolute Gasteiger partial charge is 0.320 e. The fraction of sp³-hybridized carbons (Fsp3) is 0.625. The van der Waals surface area contributed by atoms with Gasteiger partial charge >= 0.3 is 5.97 Å². The molecule has 0 radical (unpaired) electrons. The Labute approximate surface area is 164 Å². The molecule has 2 fully saturated rings. The number of rotatable bonds is 5. The van der Waals surface area contributed by atoms with E-state index in [9.17, 15) is 20.1 Å². The second-order valence-electron chi connectivity index (χ2n) is 7.11. The number of carboxylic acid groups (broad SMARTS) is 1. The Morgan fingerprint density at radius 3 is 2.86 bits per heavy atom. The van der Waals surface area contributed by atoms with Crippen molar-refractivity contribution >= 4 is 34.7 Å². The summed E-state index contributed by atoms with van der Waals surface area (Å²) in [5, 5.41) is 30.3. The SMILES string of the molecule is CN1C[C@@H](SC[C@H]2O[C@@H](n3cnc4c(N)ncnc43)[C@H](O)[C@@H]2O)C[C@H]1C(=O)O. The average Bonchev–Trinajstić information content (AvgIpc) is 3.32. The van der Waals surface area contributed by atoms with Crippen molar-refractivity contribution < 1.29 is 24.9 Å². The molecule has 2 aliphatic heterocycles. The maximum atomic E-state index is 11.2. The lowest BCUT2D eigenvalue weighted by atomic mass is 10.1. The van der Waals surface area contributed by atoms with Crippen LogP contribution < -0.4 is 5.73 Å². The first-order chi connectivity index (χ1) is 13.4. The number of carbonyl (C=O) groups is 1. The molecule has 28 heavy (non-hydrogen) atoms. The van der Waals surface area contributed by atoms with E-state index in [-0.39, 0.29) is 11.1 Å². The topological polar surface area (TPSA) is 160 Å². The van der Waals surface area contributed by atoms with E-state index in [1.807, 2.05) is 4.90 Å². The van der Waals surface area contributed by atoms with Crippen LogP contribution in [0.25, 0.3) is 11.2 Å². The van der Waals surface area contributed by atoms with Crippen LogP contribution in [-0.4, -0.2) is 94.7 Å². The lowest BCUT2D eigenvalue weighted by Crippen LogP contribution is -2.33. The molecule has 0 spiro atoms. The molecule has 0 saturated carbocycles. The second-order valence-corrected chi connectivity index (χ2v) is 8.45. The van der Waals surface area contributed by atoms with Gasteiger partial charge in [0.15, 0.2) is 17.7 Å². The number of aliphatic hydroxyl groups is 2. The Balaban J connectivity index is 1.43. The summed E-state index contributed by atoms with van der Waals surface area (Å²) in [7, 11) is 1.79. The summed E-state index contributed by atoms with van der Waals surface area (Å²) < 4.78 is 7.45. The van der Waals surface area contributed by atoms with E-state index in [0.717, 1.165) is 0 Å². The van der Waals surface area contributed by atoms with Crippen molar-refractivity contribution in [2.45, 2.75) is 42.3 Å². The molecule has 2 aliphatic rings. The van der Waals surface area contributed by atoms with Crippen LogP contribution in [0.1, 0.15) is 12.6 Å². The first kappa shape index (κ1) is 19.3. The van der Waals surface area contributed by atoms with E-state index >= 15 is 0 Å². The quantitative estimate of drug-likeness (QED) is 0.474. The number of hydrogen-bond donors (Lipinski definition) is 4. The molecule has 0 aliphatic carbocycles. The minimum Gasteiger partial charge on any atom is -0.480 e. The third kappa shape index (κ3) is 3.31. The number of imidazole rings is 1. The Morgan fingerprint density at radius 1 is 1.36 bits per heavy atom. The maximum Gasteiger partial charge on any atom is 0.320 e. The van der Waals surface area contributed by atoms with Crippen molar-refractivity contribution in [3.8, 4) is 0 Å². The van der Waals surface area contributed by atoms with Gasteiger partial charge in [0, 0.05) is 17.5 Å². The maximum absolute atomic E-state index is 11.2. The number of aliphatic carboxylic acids is 1. The van der Waals surface area contributed by atoms with Crippen molar-refractivity contribution in [2.75, 3.05) is 25.1 Å². The fourth-order valence-electron chi connectivity index (χ4n) is 3.75. The molecule has 0 amide bonds. The lowest BCUT2D eigenvalue weighted by molar-refractivity contribution is -0.141. The molecule has 2 aromatic heterocycles. The fourth-order valence-corrected chi connectivity index (χ4v) is 5.14. The van der Waals surface area contributed by atoms with Crippen LogP contribution in [0, 0.1) is 0 Å². The number of carboxylic acids is 1. The molecule has 2 aromatic rings. The summed E-state index contributed by atoms with van der Waals surface area (Å²) in [6.07, 6.45) is -0.395. The molecule has 4 rings (SSSR count). The molecular formula is C16H22N6O5S. The summed E-state index contributed by atoms with van der Waals surface area (Å²) in [6.45, 7) is 0.652. The molecular weight excluding hydrogens is 388 g/mol. The Morgan fingerprint density at radius 2 is 2.14 bits per heavy atom. The normalized spacial score (nSPS) is 33.7. The zero-order valence-electron chi connectivity index (χ0n) is 15.1. The Hall–Kier alpha value is -1.99. The first-order valence-electron chi connectivity index (χ1n) is 8.86. The molecule has 152 valence electrons. The van der Waals surface area contributed by atoms with Gasteiger partial charge in [0.1, 0.15) is 30.1 Å². The number of aliphatic hydroxyl groups excluding tert-OH is 2. The van der Waals surface area contributed by atoms with Crippen molar-refractivity contribution in [3.63, 3.8) is 0 Å². The molecule has 4 heterocycles. The van der Waals surface area contributed by atoms with E-state index < -0.39 is 36.6 Å². The Kier molecular flexibility index (Phi) is 5.14. The van der Waals surface area contributed by atoms with Crippen LogP contribution in [-0.2, 0) is 9.53 Å². The molecule has 6 atom stereocenters. The van der Waals surface area contributed by atoms with E-state index in [4.69, 9.17) is 10.5 Å². The highest BCUT2D eigenvalue weighted by Crippen LogP contribution is 2.35. The third-order valence-electron chi connectivity index (χ3n) is 5.29. The van der Waals surface area contributed by atoms with Crippen molar-refractivity contribution in [1.29, 1.82) is 0 Å². The van der Waals surface area contributed by atoms with Crippen LogP contribution in [0.4, 0.5) is 5.82 Å². The zero-order valence-corrected chi connectivity index (χ0v) is 15.9. The van der Waals surface area contributed by atoms with Gasteiger partial charge in [0.2, 0.25) is 0 Å². The number of anilines is 1. The van der Waals surface area contributed by atoms with E-state index in [1.165, 1.54) is 17.2 Å².